The maximum Gasteiger partial charge on any atom is 0.291 e. The number of thiophene rings is 1. The molecule has 8 heteroatoms. The molecule has 0 aliphatic carbocycles. The Morgan fingerprint density at radius 1 is 1.07 bits per heavy atom. The van der Waals surface area contributed by atoms with Gasteiger partial charge in [0, 0.05) is 24.8 Å². The molecule has 3 heterocycles. The van der Waals surface area contributed by atoms with Crippen molar-refractivity contribution < 1.29 is 18.8 Å². The fraction of sp³-hybridized carbons (Fsp3) is 0.150. The van der Waals surface area contributed by atoms with Gasteiger partial charge in [-0.1, -0.05) is 0 Å². The van der Waals surface area contributed by atoms with Gasteiger partial charge in [0.25, 0.3) is 11.8 Å². The van der Waals surface area contributed by atoms with Crippen LogP contribution >= 0.6 is 11.3 Å². The van der Waals surface area contributed by atoms with Crippen molar-refractivity contribution in [1.29, 1.82) is 0 Å². The Morgan fingerprint density at radius 2 is 1.93 bits per heavy atom. The number of anilines is 3. The van der Waals surface area contributed by atoms with E-state index in [0.29, 0.717) is 22.1 Å². The minimum absolute atomic E-state index is 0.0123. The monoisotopic (exact) mass is 395 g/mol. The molecule has 4 rings (SSSR count). The molecule has 0 saturated heterocycles. The van der Waals surface area contributed by atoms with Gasteiger partial charge in [0.05, 0.1) is 16.1 Å². The molecule has 1 aromatic carbocycles. The number of amides is 3. The fourth-order valence-electron chi connectivity index (χ4n) is 3.11. The zero-order valence-corrected chi connectivity index (χ0v) is 15.8. The van der Waals surface area contributed by atoms with Gasteiger partial charge in [-0.25, -0.2) is 0 Å². The van der Waals surface area contributed by atoms with Gasteiger partial charge in [0.1, 0.15) is 0 Å². The molecule has 142 valence electrons. The highest BCUT2D eigenvalue weighted by Crippen LogP contribution is 2.31. The molecule has 1 aliphatic rings. The third-order valence-electron chi connectivity index (χ3n) is 4.42. The summed E-state index contributed by atoms with van der Waals surface area (Å²) in [5.41, 5.74) is 2.60. The smallest absolute Gasteiger partial charge is 0.291 e. The van der Waals surface area contributed by atoms with Gasteiger partial charge in [-0.2, -0.15) is 0 Å². The minimum Gasteiger partial charge on any atom is -0.459 e. The van der Waals surface area contributed by atoms with Crippen LogP contribution in [0.4, 0.5) is 16.4 Å². The zero-order valence-electron chi connectivity index (χ0n) is 15.0. The van der Waals surface area contributed by atoms with Gasteiger partial charge in [-0.05, 0) is 54.4 Å². The quantitative estimate of drug-likeness (QED) is 0.704. The molecule has 3 aromatic rings. The molecule has 1 aliphatic heterocycles. The van der Waals surface area contributed by atoms with Crippen molar-refractivity contribution in [3.8, 4) is 0 Å². The molecule has 2 N–H and O–H groups in total. The highest BCUT2D eigenvalue weighted by Gasteiger charge is 2.22. The Hall–Kier alpha value is -3.39. The summed E-state index contributed by atoms with van der Waals surface area (Å²) < 4.78 is 5.05. The van der Waals surface area contributed by atoms with Gasteiger partial charge in [0.15, 0.2) is 5.76 Å². The van der Waals surface area contributed by atoms with Crippen LogP contribution < -0.4 is 15.5 Å². The van der Waals surface area contributed by atoms with Crippen LogP contribution in [0.15, 0.2) is 53.1 Å². The summed E-state index contributed by atoms with van der Waals surface area (Å²) in [6.45, 7) is 2.20. The fourth-order valence-corrected chi connectivity index (χ4v) is 3.90. The summed E-state index contributed by atoms with van der Waals surface area (Å²) in [4.78, 5) is 38.4. The maximum absolute atomic E-state index is 12.5. The predicted octanol–water partition coefficient (Wildman–Crippen LogP) is 3.75. The average Bonchev–Trinajstić information content (AvgIpc) is 3.41. The topological polar surface area (TPSA) is 91.7 Å². The van der Waals surface area contributed by atoms with E-state index in [1.54, 1.807) is 42.2 Å². The summed E-state index contributed by atoms with van der Waals surface area (Å²) in [7, 11) is 0. The molecule has 7 nitrogen and oxygen atoms in total. The van der Waals surface area contributed by atoms with Gasteiger partial charge in [-0.15, -0.1) is 11.3 Å². The Balaban J connectivity index is 1.43. The molecule has 0 atom stereocenters. The lowest BCUT2D eigenvalue weighted by Crippen LogP contribution is -2.25. The first kappa shape index (κ1) is 18.0. The maximum atomic E-state index is 12.5. The molecule has 2 aromatic heterocycles. The number of hydrogen-bond acceptors (Lipinski definition) is 5. The summed E-state index contributed by atoms with van der Waals surface area (Å²) in [6, 6.07) is 12.1. The summed E-state index contributed by atoms with van der Waals surface area (Å²) in [5, 5.41) is 6.12. The van der Waals surface area contributed by atoms with E-state index in [-0.39, 0.29) is 23.5 Å². The standard InChI is InChI=1S/C20H17N3O4S/c1-12(24)23-9-8-13-11-14(4-5-15(13)23)21-20(26)17-6-7-18(28-17)22-19(25)16-3-2-10-27-16/h2-7,10-11H,8-9H2,1H3,(H,21,26)(H,22,25). The zero-order chi connectivity index (χ0) is 19.7. The van der Waals surface area contributed by atoms with Crippen LogP contribution in [-0.4, -0.2) is 24.3 Å². The Bertz CT molecular complexity index is 1060. The van der Waals surface area contributed by atoms with Crippen molar-refractivity contribution in [1.82, 2.24) is 0 Å². The number of nitrogens with one attached hydrogen (secondary N) is 2. The molecular formula is C20H17N3O4S. The van der Waals surface area contributed by atoms with Crippen molar-refractivity contribution in [2.24, 2.45) is 0 Å². The number of furan rings is 1. The van der Waals surface area contributed by atoms with Gasteiger partial charge < -0.3 is 20.0 Å². The molecule has 28 heavy (non-hydrogen) atoms. The van der Waals surface area contributed by atoms with Crippen LogP contribution in [-0.2, 0) is 11.2 Å². The van der Waals surface area contributed by atoms with Crippen LogP contribution in [0.3, 0.4) is 0 Å². The first-order valence-corrected chi connectivity index (χ1v) is 9.50. The first-order chi connectivity index (χ1) is 13.5. The van der Waals surface area contributed by atoms with Crippen molar-refractivity contribution in [2.75, 3.05) is 22.1 Å². The van der Waals surface area contributed by atoms with Gasteiger partial charge in [0.2, 0.25) is 5.91 Å². The van der Waals surface area contributed by atoms with Crippen LogP contribution in [0.1, 0.15) is 32.7 Å². The van der Waals surface area contributed by atoms with Gasteiger partial charge in [-0.3, -0.25) is 14.4 Å². The number of nitrogens with zero attached hydrogens (tertiary/aromatic N) is 1. The second-order valence-corrected chi connectivity index (χ2v) is 7.40. The van der Waals surface area contributed by atoms with Crippen LogP contribution in [0.25, 0.3) is 0 Å². The SMILES string of the molecule is CC(=O)N1CCc2cc(NC(=O)c3ccc(NC(=O)c4ccco4)s3)ccc21. The molecule has 3 amide bonds. The number of carbonyl (C=O) groups excluding carboxylic acids is 3. The second kappa shape index (κ2) is 7.32. The number of rotatable bonds is 4. The van der Waals surface area contributed by atoms with E-state index >= 15 is 0 Å². The summed E-state index contributed by atoms with van der Waals surface area (Å²) in [6.07, 6.45) is 2.19. The number of carbonyl (C=O) groups is 3. The van der Waals surface area contributed by atoms with Crippen LogP contribution in [0.2, 0.25) is 0 Å². The molecule has 0 bridgehead atoms. The molecule has 0 fully saturated rings. The third kappa shape index (κ3) is 3.54. The van der Waals surface area contributed by atoms with Crippen molar-refractivity contribution >= 4 is 45.4 Å². The van der Waals surface area contributed by atoms with Gasteiger partial charge >= 0.3 is 0 Å². The van der Waals surface area contributed by atoms with E-state index in [1.165, 1.54) is 17.6 Å². The third-order valence-corrected chi connectivity index (χ3v) is 5.42. The number of benzene rings is 1. The Morgan fingerprint density at radius 3 is 2.68 bits per heavy atom. The molecule has 0 spiro atoms. The van der Waals surface area contributed by atoms with E-state index < -0.39 is 0 Å². The van der Waals surface area contributed by atoms with E-state index in [1.807, 2.05) is 12.1 Å². The second-order valence-electron chi connectivity index (χ2n) is 6.31. The molecule has 0 radical (unpaired) electrons. The molecule has 0 saturated carbocycles. The normalized spacial score (nSPS) is 12.5. The van der Waals surface area contributed by atoms with Crippen molar-refractivity contribution in [3.63, 3.8) is 0 Å². The van der Waals surface area contributed by atoms with E-state index in [2.05, 4.69) is 10.6 Å². The average molecular weight is 395 g/mol. The Labute approximate surface area is 165 Å². The Kier molecular flexibility index (Phi) is 4.70. The predicted molar refractivity (Wildman–Crippen MR) is 107 cm³/mol. The lowest BCUT2D eigenvalue weighted by atomic mass is 10.1. The van der Waals surface area contributed by atoms with Crippen LogP contribution in [0, 0.1) is 0 Å². The largest absolute Gasteiger partial charge is 0.459 e. The number of fused-ring (bicyclic) bond motifs is 1. The van der Waals surface area contributed by atoms with E-state index in [9.17, 15) is 14.4 Å². The minimum atomic E-state index is -0.368. The molecule has 0 unspecified atom stereocenters. The van der Waals surface area contributed by atoms with Crippen molar-refractivity contribution in [2.45, 2.75) is 13.3 Å². The lowest BCUT2D eigenvalue weighted by Gasteiger charge is -2.15. The van der Waals surface area contributed by atoms with E-state index in [4.69, 9.17) is 4.42 Å². The first-order valence-electron chi connectivity index (χ1n) is 8.68. The highest BCUT2D eigenvalue weighted by molar-refractivity contribution is 7.18. The lowest BCUT2D eigenvalue weighted by molar-refractivity contribution is -0.116. The summed E-state index contributed by atoms with van der Waals surface area (Å²) >= 11 is 1.18. The number of hydrogen-bond donors (Lipinski definition) is 2. The molecular weight excluding hydrogens is 378 g/mol. The van der Waals surface area contributed by atoms with Crippen LogP contribution in [0.5, 0.6) is 0 Å². The van der Waals surface area contributed by atoms with E-state index in [0.717, 1.165) is 17.7 Å². The van der Waals surface area contributed by atoms with Crippen molar-refractivity contribution in [3.05, 3.63) is 64.9 Å². The highest BCUT2D eigenvalue weighted by atomic mass is 32.1. The summed E-state index contributed by atoms with van der Waals surface area (Å²) in [5.74, 6) is -0.410.